The number of carbonyl (C=O) groups excluding carboxylic acids is 1. The molecule has 1 saturated heterocycles. The Hall–Kier alpha value is 0.160. The number of halogens is 1. The normalized spacial score (nSPS) is 33.9. The molecule has 13 heavy (non-hydrogen) atoms. The van der Waals surface area contributed by atoms with Crippen molar-refractivity contribution < 1.29 is 35.8 Å². The van der Waals surface area contributed by atoms with Gasteiger partial charge < -0.3 is 0 Å². The van der Waals surface area contributed by atoms with Crippen LogP contribution in [0.5, 0.6) is 0 Å². The van der Waals surface area contributed by atoms with E-state index in [0.717, 1.165) is 10.8 Å². The molecule has 0 aromatic heterocycles. The van der Waals surface area contributed by atoms with Crippen LogP contribution in [0, 0.1) is 5.92 Å². The summed E-state index contributed by atoms with van der Waals surface area (Å²) in [5, 5.41) is 8.82. The second kappa shape index (κ2) is 5.14. The zero-order chi connectivity index (χ0) is 9.84. The first-order valence-electron chi connectivity index (χ1n) is 4.51. The van der Waals surface area contributed by atoms with E-state index in [1.807, 2.05) is 0 Å². The minimum atomic E-state index is -0.175. The molecule has 3 nitrogen and oxygen atoms in total. The van der Waals surface area contributed by atoms with Crippen molar-refractivity contribution in [3.63, 3.8) is 0 Å². The van der Waals surface area contributed by atoms with E-state index in [0.29, 0.717) is 9.84 Å². The van der Waals surface area contributed by atoms with Gasteiger partial charge in [0.25, 0.3) is 0 Å². The van der Waals surface area contributed by atoms with Gasteiger partial charge in [-0.2, -0.15) is 0 Å². The summed E-state index contributed by atoms with van der Waals surface area (Å²) < 4.78 is 6.90. The molecule has 1 rings (SSSR count). The van der Waals surface area contributed by atoms with Gasteiger partial charge in [-0.25, -0.2) is 0 Å². The van der Waals surface area contributed by atoms with Crippen molar-refractivity contribution in [3.8, 4) is 0 Å². The summed E-state index contributed by atoms with van der Waals surface area (Å²) >= 11 is 0.120. The Morgan fingerprint density at radius 2 is 2.38 bits per heavy atom. The van der Waals surface area contributed by atoms with E-state index < -0.39 is 0 Å². The Balaban J connectivity index is 2.40. The summed E-state index contributed by atoms with van der Waals surface area (Å²) in [4.78, 5) is 10.8. The number of aliphatic hydroxyl groups excluding tert-OH is 1. The van der Waals surface area contributed by atoms with Crippen LogP contribution in [-0.2, 0) is 9.53 Å². The van der Waals surface area contributed by atoms with Gasteiger partial charge in [-0.3, -0.25) is 0 Å². The fourth-order valence-electron chi connectivity index (χ4n) is 1.53. The van der Waals surface area contributed by atoms with Gasteiger partial charge in [0.1, 0.15) is 0 Å². The van der Waals surface area contributed by atoms with Crippen LogP contribution >= 0.6 is 0 Å². The molecule has 0 radical (unpaired) electrons. The van der Waals surface area contributed by atoms with Gasteiger partial charge in [0.15, 0.2) is 0 Å². The summed E-state index contributed by atoms with van der Waals surface area (Å²) in [6, 6.07) is 0. The van der Waals surface area contributed by atoms with Gasteiger partial charge in [-0.1, -0.05) is 0 Å². The summed E-state index contributed by atoms with van der Waals surface area (Å²) in [6.07, 6.45) is 1.01. The predicted octanol–water partition coefficient (Wildman–Crippen LogP) is -2.59. The van der Waals surface area contributed by atoms with Crippen molar-refractivity contribution in [2.24, 2.45) is 5.92 Å². The molecule has 0 aromatic carbocycles. The number of aliphatic hydroxyl groups is 1. The molecule has 0 bridgehead atoms. The Kier molecular flexibility index (Phi) is 4.45. The Morgan fingerprint density at radius 1 is 1.69 bits per heavy atom. The number of esters is 1. The van der Waals surface area contributed by atoms with E-state index in [-0.39, 0.29) is 39.9 Å². The van der Waals surface area contributed by atoms with Crippen LogP contribution in [0.15, 0.2) is 0 Å². The van der Waals surface area contributed by atoms with Gasteiger partial charge in [0, 0.05) is 0 Å². The summed E-state index contributed by atoms with van der Waals surface area (Å²) in [7, 11) is 0. The molecule has 0 aliphatic carbocycles. The topological polar surface area (TPSA) is 46.5 Å². The van der Waals surface area contributed by atoms with Crippen LogP contribution in [0.1, 0.15) is 20.3 Å². The summed E-state index contributed by atoms with van der Waals surface area (Å²) in [6.45, 7) is 3.85. The van der Waals surface area contributed by atoms with E-state index in [1.165, 1.54) is 6.92 Å². The second-order valence-corrected chi connectivity index (χ2v) is 6.71. The van der Waals surface area contributed by atoms with Crippen LogP contribution in [-0.4, -0.2) is 32.1 Å². The Labute approximate surface area is 89.1 Å². The van der Waals surface area contributed by atoms with Gasteiger partial charge in [0.2, 0.25) is 0 Å². The first-order chi connectivity index (χ1) is 6.15. The van der Waals surface area contributed by atoms with Crippen molar-refractivity contribution in [1.29, 1.82) is 0 Å². The second-order valence-electron chi connectivity index (χ2n) is 3.34. The average Bonchev–Trinajstić information content (AvgIpc) is 2.36. The fraction of sp³-hybridized carbons (Fsp3) is 0.889. The molecular formula is C9H16IO3-. The van der Waals surface area contributed by atoms with Gasteiger partial charge in [0.05, 0.1) is 0 Å². The van der Waals surface area contributed by atoms with Crippen molar-refractivity contribution in [2.45, 2.75) is 30.3 Å². The standard InChI is InChI=1S/C9H16IO3/c1-6-8(3-4-11)10-5-9(6)13-7(2)12/h6,8-9,11H,3-5H2,1-2H3/q-1/t6?,8-,9+/m1/s1. The Morgan fingerprint density at radius 3 is 2.92 bits per heavy atom. The molecular weight excluding hydrogens is 283 g/mol. The van der Waals surface area contributed by atoms with Gasteiger partial charge in [-0.05, 0) is 0 Å². The maximum atomic E-state index is 10.8. The summed E-state index contributed by atoms with van der Waals surface area (Å²) in [5.74, 6) is 0.273. The molecule has 78 valence electrons. The molecule has 1 aliphatic heterocycles. The molecule has 1 heterocycles. The number of rotatable bonds is 3. The third kappa shape index (κ3) is 3.09. The molecule has 0 spiro atoms. The zero-order valence-corrected chi connectivity index (χ0v) is 10.2. The molecule has 0 aromatic rings. The van der Waals surface area contributed by atoms with Crippen LogP contribution < -0.4 is 21.2 Å². The third-order valence-corrected chi connectivity index (χ3v) is 6.58. The molecule has 1 unspecified atom stereocenters. The predicted molar refractivity (Wildman–Crippen MR) is 45.1 cm³/mol. The van der Waals surface area contributed by atoms with E-state index >= 15 is 0 Å². The number of hydrogen-bond donors (Lipinski definition) is 1. The van der Waals surface area contributed by atoms with Crippen LogP contribution in [0.4, 0.5) is 0 Å². The van der Waals surface area contributed by atoms with Crippen LogP contribution in [0.25, 0.3) is 0 Å². The quantitative estimate of drug-likeness (QED) is 0.353. The molecule has 1 N–H and O–H groups in total. The zero-order valence-electron chi connectivity index (χ0n) is 8.00. The number of hydrogen-bond acceptors (Lipinski definition) is 3. The van der Waals surface area contributed by atoms with Crippen LogP contribution in [0.3, 0.4) is 0 Å². The third-order valence-electron chi connectivity index (χ3n) is 2.32. The van der Waals surface area contributed by atoms with E-state index in [2.05, 4.69) is 6.92 Å². The van der Waals surface area contributed by atoms with Crippen molar-refractivity contribution in [3.05, 3.63) is 0 Å². The SMILES string of the molecule is CC(=O)O[C@H]1C[I-][C@H](CCO)C1C. The minimum absolute atomic E-state index is 0.120. The number of ether oxygens (including phenoxy) is 1. The van der Waals surface area contributed by atoms with E-state index in [9.17, 15) is 4.79 Å². The van der Waals surface area contributed by atoms with E-state index in [4.69, 9.17) is 9.84 Å². The molecule has 3 atom stereocenters. The molecule has 1 aliphatic rings. The first-order valence-corrected chi connectivity index (χ1v) is 7.28. The van der Waals surface area contributed by atoms with Crippen LogP contribution in [0.2, 0.25) is 0 Å². The summed E-state index contributed by atoms with van der Waals surface area (Å²) in [5.41, 5.74) is 0. The van der Waals surface area contributed by atoms with E-state index in [1.54, 1.807) is 0 Å². The van der Waals surface area contributed by atoms with Crippen molar-refractivity contribution in [2.75, 3.05) is 11.0 Å². The maximum absolute atomic E-state index is 10.8. The van der Waals surface area contributed by atoms with Gasteiger partial charge in [-0.15, -0.1) is 0 Å². The molecule has 0 amide bonds. The van der Waals surface area contributed by atoms with Crippen molar-refractivity contribution >= 4 is 5.97 Å². The first kappa shape index (κ1) is 11.2. The Bertz CT molecular complexity index is 184. The average molecular weight is 299 g/mol. The van der Waals surface area contributed by atoms with Gasteiger partial charge >= 0.3 is 89.1 Å². The van der Waals surface area contributed by atoms with Crippen molar-refractivity contribution in [1.82, 2.24) is 0 Å². The number of carbonyl (C=O) groups is 1. The molecule has 0 saturated carbocycles. The fourth-order valence-corrected chi connectivity index (χ4v) is 5.65. The molecule has 4 heteroatoms. The molecule has 1 fully saturated rings. The number of alkyl halides is 2. The monoisotopic (exact) mass is 299 g/mol.